The van der Waals surface area contributed by atoms with Gasteiger partial charge in [0.2, 0.25) is 5.78 Å². The minimum atomic E-state index is -0.579. The van der Waals surface area contributed by atoms with E-state index in [0.29, 0.717) is 10.6 Å². The zero-order chi connectivity index (χ0) is 19.9. The van der Waals surface area contributed by atoms with Crippen LogP contribution in [0.15, 0.2) is 66.0 Å². The van der Waals surface area contributed by atoms with Crippen LogP contribution in [-0.4, -0.2) is 24.2 Å². The summed E-state index contributed by atoms with van der Waals surface area (Å²) in [7, 11) is 0. The van der Waals surface area contributed by atoms with Gasteiger partial charge < -0.3 is 4.74 Å². The van der Waals surface area contributed by atoms with Crippen molar-refractivity contribution >= 4 is 28.9 Å². The average molecular weight is 394 g/mol. The van der Waals surface area contributed by atoms with Crippen LogP contribution in [-0.2, 0) is 4.79 Å². The Hall–Kier alpha value is -3.45. The SMILES string of the molecule is Cc1ccc(OCC(=O)NNC(=O)c2ccccc2C(=O)c2cccs2)cc1. The number of thiophene rings is 1. The summed E-state index contributed by atoms with van der Waals surface area (Å²) in [6.07, 6.45) is 0. The molecule has 0 unspecified atom stereocenters. The summed E-state index contributed by atoms with van der Waals surface area (Å²) in [5.41, 5.74) is 6.14. The number of aryl methyl sites for hydroxylation is 1. The predicted molar refractivity (Wildman–Crippen MR) is 106 cm³/mol. The lowest BCUT2D eigenvalue weighted by Gasteiger charge is -2.11. The molecule has 0 bridgehead atoms. The second-order valence-electron chi connectivity index (χ2n) is 5.96. The molecule has 3 aromatic rings. The molecule has 1 heterocycles. The Kier molecular flexibility index (Phi) is 6.18. The van der Waals surface area contributed by atoms with Crippen LogP contribution < -0.4 is 15.6 Å². The lowest BCUT2D eigenvalue weighted by Crippen LogP contribution is -2.44. The molecule has 0 aliphatic rings. The molecule has 1 aromatic heterocycles. The fourth-order valence-electron chi connectivity index (χ4n) is 2.43. The van der Waals surface area contributed by atoms with E-state index in [2.05, 4.69) is 10.9 Å². The van der Waals surface area contributed by atoms with E-state index in [1.807, 2.05) is 19.1 Å². The van der Waals surface area contributed by atoms with E-state index in [9.17, 15) is 14.4 Å². The van der Waals surface area contributed by atoms with E-state index in [0.717, 1.165) is 5.56 Å². The van der Waals surface area contributed by atoms with Gasteiger partial charge in [0.25, 0.3) is 11.8 Å². The lowest BCUT2D eigenvalue weighted by atomic mass is 10.0. The smallest absolute Gasteiger partial charge is 0.276 e. The summed E-state index contributed by atoms with van der Waals surface area (Å²) in [4.78, 5) is 37.5. The number of amides is 2. The Labute approximate surface area is 166 Å². The predicted octanol–water partition coefficient (Wildman–Crippen LogP) is 3.13. The van der Waals surface area contributed by atoms with Gasteiger partial charge in [-0.1, -0.05) is 42.0 Å². The van der Waals surface area contributed by atoms with Crippen LogP contribution in [0.5, 0.6) is 5.75 Å². The largest absolute Gasteiger partial charge is 0.484 e. The Bertz CT molecular complexity index is 982. The third-order valence-electron chi connectivity index (χ3n) is 3.87. The summed E-state index contributed by atoms with van der Waals surface area (Å²) < 4.78 is 5.36. The first kappa shape index (κ1) is 19.3. The Morgan fingerprint density at radius 3 is 2.29 bits per heavy atom. The van der Waals surface area contributed by atoms with Gasteiger partial charge in [-0.25, -0.2) is 0 Å². The molecule has 6 nitrogen and oxygen atoms in total. The number of benzene rings is 2. The maximum Gasteiger partial charge on any atom is 0.276 e. The van der Waals surface area contributed by atoms with Crippen molar-refractivity contribution in [2.75, 3.05) is 6.61 Å². The molecule has 3 rings (SSSR count). The molecule has 0 aliphatic heterocycles. The lowest BCUT2D eigenvalue weighted by molar-refractivity contribution is -0.123. The van der Waals surface area contributed by atoms with Crippen LogP contribution in [0.1, 0.15) is 31.2 Å². The Balaban J connectivity index is 1.58. The van der Waals surface area contributed by atoms with Gasteiger partial charge in [-0.15, -0.1) is 11.3 Å². The Morgan fingerprint density at radius 2 is 1.61 bits per heavy atom. The number of nitrogens with one attached hydrogen (secondary N) is 2. The van der Waals surface area contributed by atoms with Crippen molar-refractivity contribution < 1.29 is 19.1 Å². The molecule has 0 spiro atoms. The van der Waals surface area contributed by atoms with Gasteiger partial charge in [-0.3, -0.25) is 25.2 Å². The third kappa shape index (κ3) is 4.83. The molecule has 0 saturated heterocycles. The maximum atomic E-state index is 12.6. The van der Waals surface area contributed by atoms with Crippen LogP contribution in [0.2, 0.25) is 0 Å². The first-order valence-electron chi connectivity index (χ1n) is 8.50. The zero-order valence-electron chi connectivity index (χ0n) is 15.1. The van der Waals surface area contributed by atoms with E-state index in [4.69, 9.17) is 4.74 Å². The molecule has 2 aromatic carbocycles. The summed E-state index contributed by atoms with van der Waals surface area (Å²) in [6.45, 7) is 1.70. The van der Waals surface area contributed by atoms with Gasteiger partial charge in [0, 0.05) is 5.56 Å². The van der Waals surface area contributed by atoms with Gasteiger partial charge in [0.05, 0.1) is 10.4 Å². The normalized spacial score (nSPS) is 10.2. The molecule has 0 atom stereocenters. The van der Waals surface area contributed by atoms with E-state index >= 15 is 0 Å². The van der Waals surface area contributed by atoms with E-state index in [1.54, 1.807) is 47.8 Å². The molecule has 7 heteroatoms. The maximum absolute atomic E-state index is 12.6. The minimum absolute atomic E-state index is 0.181. The summed E-state index contributed by atoms with van der Waals surface area (Å²) >= 11 is 1.30. The standard InChI is InChI=1S/C21H18N2O4S/c1-14-8-10-15(11-9-14)27-13-19(24)22-23-21(26)17-6-3-2-5-16(17)20(25)18-7-4-12-28-18/h2-12H,13H2,1H3,(H,22,24)(H,23,26). The first-order chi connectivity index (χ1) is 13.5. The molecule has 0 saturated carbocycles. The number of hydrazine groups is 1. The van der Waals surface area contributed by atoms with Gasteiger partial charge >= 0.3 is 0 Å². The topological polar surface area (TPSA) is 84.5 Å². The number of hydrogen-bond acceptors (Lipinski definition) is 5. The zero-order valence-corrected chi connectivity index (χ0v) is 15.9. The second kappa shape index (κ2) is 8.96. The molecule has 0 radical (unpaired) electrons. The molecular formula is C21H18N2O4S. The molecular weight excluding hydrogens is 376 g/mol. The Morgan fingerprint density at radius 1 is 0.893 bits per heavy atom. The average Bonchev–Trinajstić information content (AvgIpc) is 3.26. The van der Waals surface area contributed by atoms with E-state index < -0.39 is 11.8 Å². The van der Waals surface area contributed by atoms with Crippen LogP contribution in [0.25, 0.3) is 0 Å². The highest BCUT2D eigenvalue weighted by Gasteiger charge is 2.19. The van der Waals surface area contributed by atoms with Crippen LogP contribution in [0.3, 0.4) is 0 Å². The number of rotatable bonds is 6. The summed E-state index contributed by atoms with van der Waals surface area (Å²) in [6, 6.07) is 17.2. The monoisotopic (exact) mass is 394 g/mol. The molecule has 28 heavy (non-hydrogen) atoms. The highest BCUT2D eigenvalue weighted by atomic mass is 32.1. The first-order valence-corrected chi connectivity index (χ1v) is 9.38. The van der Waals surface area contributed by atoms with Crippen molar-refractivity contribution in [3.63, 3.8) is 0 Å². The van der Waals surface area contributed by atoms with Crippen molar-refractivity contribution in [1.29, 1.82) is 0 Å². The van der Waals surface area contributed by atoms with Crippen molar-refractivity contribution in [1.82, 2.24) is 10.9 Å². The van der Waals surface area contributed by atoms with Gasteiger partial charge in [-0.2, -0.15) is 0 Å². The highest BCUT2D eigenvalue weighted by molar-refractivity contribution is 7.12. The van der Waals surface area contributed by atoms with Gasteiger partial charge in [-0.05, 0) is 36.6 Å². The summed E-state index contributed by atoms with van der Waals surface area (Å²) in [5, 5.41) is 1.80. The van der Waals surface area contributed by atoms with Crippen LogP contribution in [0.4, 0.5) is 0 Å². The van der Waals surface area contributed by atoms with Crippen molar-refractivity contribution in [2.24, 2.45) is 0 Å². The fraction of sp³-hybridized carbons (Fsp3) is 0.0952. The third-order valence-corrected chi connectivity index (χ3v) is 4.74. The van der Waals surface area contributed by atoms with Crippen molar-refractivity contribution in [2.45, 2.75) is 6.92 Å². The molecule has 0 fully saturated rings. The van der Waals surface area contributed by atoms with Crippen molar-refractivity contribution in [3.05, 3.63) is 87.6 Å². The molecule has 2 amide bonds. The number of hydrogen-bond donors (Lipinski definition) is 2. The van der Waals surface area contributed by atoms with Gasteiger partial charge in [0.15, 0.2) is 6.61 Å². The fourth-order valence-corrected chi connectivity index (χ4v) is 3.11. The van der Waals surface area contributed by atoms with E-state index in [-0.39, 0.29) is 23.5 Å². The van der Waals surface area contributed by atoms with E-state index in [1.165, 1.54) is 17.4 Å². The van der Waals surface area contributed by atoms with Crippen molar-refractivity contribution in [3.8, 4) is 5.75 Å². The molecule has 2 N–H and O–H groups in total. The summed E-state index contributed by atoms with van der Waals surface area (Å²) in [5.74, 6) is -0.783. The number of ether oxygens (including phenoxy) is 1. The quantitative estimate of drug-likeness (QED) is 0.497. The molecule has 142 valence electrons. The second-order valence-corrected chi connectivity index (χ2v) is 6.90. The minimum Gasteiger partial charge on any atom is -0.484 e. The molecule has 0 aliphatic carbocycles. The number of carbonyl (C=O) groups excluding carboxylic acids is 3. The highest BCUT2D eigenvalue weighted by Crippen LogP contribution is 2.18. The van der Waals surface area contributed by atoms with Crippen LogP contribution >= 0.6 is 11.3 Å². The number of carbonyl (C=O) groups is 3. The number of ketones is 1. The van der Waals surface area contributed by atoms with Crippen LogP contribution in [0, 0.1) is 6.92 Å². The van der Waals surface area contributed by atoms with Gasteiger partial charge in [0.1, 0.15) is 5.75 Å².